The molecule has 4 heteroatoms. The van der Waals surface area contributed by atoms with Crippen molar-refractivity contribution in [3.05, 3.63) is 35.4 Å². The molecule has 2 rings (SSSR count). The minimum Gasteiger partial charge on any atom is -0.380 e. The predicted molar refractivity (Wildman–Crippen MR) is 52.6 cm³/mol. The van der Waals surface area contributed by atoms with Gasteiger partial charge in [0.15, 0.2) is 0 Å². The molecule has 1 aromatic carbocycles. The second-order valence-corrected chi connectivity index (χ2v) is 3.98. The largest absolute Gasteiger partial charge is 0.380 e. The first-order chi connectivity index (χ1) is 6.99. The molecule has 0 aromatic heterocycles. The number of hydrogen-bond donors (Lipinski definition) is 1. The van der Waals surface area contributed by atoms with E-state index in [2.05, 4.69) is 0 Å². The van der Waals surface area contributed by atoms with E-state index in [0.717, 1.165) is 5.56 Å². The SMILES string of the molecule is COCc1ccc(C2(N)CC2(F)F)cc1. The molecule has 1 unspecified atom stereocenters. The van der Waals surface area contributed by atoms with Gasteiger partial charge in [0.05, 0.1) is 6.61 Å². The lowest BCUT2D eigenvalue weighted by molar-refractivity contribution is 0.0891. The van der Waals surface area contributed by atoms with Gasteiger partial charge in [-0.3, -0.25) is 0 Å². The number of hydrogen-bond acceptors (Lipinski definition) is 2. The molecule has 82 valence electrons. The van der Waals surface area contributed by atoms with Crippen molar-refractivity contribution in [2.45, 2.75) is 24.5 Å². The zero-order valence-electron chi connectivity index (χ0n) is 8.47. The number of benzene rings is 1. The van der Waals surface area contributed by atoms with Crippen molar-refractivity contribution in [1.29, 1.82) is 0 Å². The molecule has 1 aromatic rings. The first-order valence-electron chi connectivity index (χ1n) is 4.75. The van der Waals surface area contributed by atoms with Gasteiger partial charge < -0.3 is 10.5 Å². The Bertz CT molecular complexity index is 363. The summed E-state index contributed by atoms with van der Waals surface area (Å²) in [6.07, 6.45) is -0.260. The molecule has 0 spiro atoms. The summed E-state index contributed by atoms with van der Waals surface area (Å²) < 4.78 is 30.9. The van der Waals surface area contributed by atoms with E-state index < -0.39 is 11.5 Å². The molecule has 2 nitrogen and oxygen atoms in total. The molecule has 0 heterocycles. The number of alkyl halides is 2. The monoisotopic (exact) mass is 213 g/mol. The Labute approximate surface area is 87.0 Å². The van der Waals surface area contributed by atoms with Gasteiger partial charge in [0.2, 0.25) is 0 Å². The fraction of sp³-hybridized carbons (Fsp3) is 0.455. The molecule has 1 atom stereocenters. The van der Waals surface area contributed by atoms with Crippen molar-refractivity contribution >= 4 is 0 Å². The maximum Gasteiger partial charge on any atom is 0.272 e. The zero-order chi connectivity index (χ0) is 11.1. The van der Waals surface area contributed by atoms with Crippen molar-refractivity contribution in [2.24, 2.45) is 5.73 Å². The van der Waals surface area contributed by atoms with Crippen LogP contribution in [0, 0.1) is 0 Å². The summed E-state index contributed by atoms with van der Waals surface area (Å²) in [4.78, 5) is 0. The van der Waals surface area contributed by atoms with Crippen molar-refractivity contribution in [3.8, 4) is 0 Å². The highest BCUT2D eigenvalue weighted by atomic mass is 19.3. The summed E-state index contributed by atoms with van der Waals surface area (Å²) in [6.45, 7) is 0.480. The zero-order valence-corrected chi connectivity index (χ0v) is 8.47. The lowest BCUT2D eigenvalue weighted by atomic mass is 10.0. The Hall–Kier alpha value is -1.00. The molecule has 1 aliphatic rings. The third-order valence-electron chi connectivity index (χ3n) is 2.81. The summed E-state index contributed by atoms with van der Waals surface area (Å²) in [6, 6.07) is 6.83. The van der Waals surface area contributed by atoms with Crippen molar-refractivity contribution < 1.29 is 13.5 Å². The van der Waals surface area contributed by atoms with Gasteiger partial charge in [-0.2, -0.15) is 0 Å². The van der Waals surface area contributed by atoms with Crippen LogP contribution in [0.25, 0.3) is 0 Å². The molecule has 0 bridgehead atoms. The molecular weight excluding hydrogens is 200 g/mol. The minimum absolute atomic E-state index is 0.260. The molecule has 1 aliphatic carbocycles. The molecule has 0 aliphatic heterocycles. The van der Waals surface area contributed by atoms with Crippen LogP contribution in [0.3, 0.4) is 0 Å². The van der Waals surface area contributed by atoms with Crippen molar-refractivity contribution in [1.82, 2.24) is 0 Å². The molecular formula is C11H13F2NO. The maximum absolute atomic E-state index is 13.0. The van der Waals surface area contributed by atoms with E-state index in [1.54, 1.807) is 31.4 Å². The Balaban J connectivity index is 2.18. The second-order valence-electron chi connectivity index (χ2n) is 3.98. The second kappa shape index (κ2) is 3.25. The number of rotatable bonds is 3. The van der Waals surface area contributed by atoms with E-state index in [4.69, 9.17) is 10.5 Å². The summed E-state index contributed by atoms with van der Waals surface area (Å²) in [7, 11) is 1.59. The van der Waals surface area contributed by atoms with Crippen LogP contribution in [-0.2, 0) is 16.9 Å². The molecule has 1 fully saturated rings. The van der Waals surface area contributed by atoms with Crippen LogP contribution in [0.2, 0.25) is 0 Å². The van der Waals surface area contributed by atoms with Gasteiger partial charge in [-0.05, 0) is 11.1 Å². The fourth-order valence-electron chi connectivity index (χ4n) is 1.68. The summed E-state index contributed by atoms with van der Waals surface area (Å²) in [5.74, 6) is -2.75. The quantitative estimate of drug-likeness (QED) is 0.833. The molecule has 0 radical (unpaired) electrons. The third-order valence-corrected chi connectivity index (χ3v) is 2.81. The average molecular weight is 213 g/mol. The van der Waals surface area contributed by atoms with E-state index in [0.29, 0.717) is 12.2 Å². The minimum atomic E-state index is -2.75. The normalized spacial score (nSPS) is 27.7. The Kier molecular flexibility index (Phi) is 2.28. The van der Waals surface area contributed by atoms with E-state index in [1.165, 1.54) is 0 Å². The summed E-state index contributed by atoms with van der Waals surface area (Å²) in [5, 5.41) is 0. The molecule has 15 heavy (non-hydrogen) atoms. The lowest BCUT2D eigenvalue weighted by Gasteiger charge is -2.11. The number of nitrogens with two attached hydrogens (primary N) is 1. The van der Waals surface area contributed by atoms with Gasteiger partial charge in [-0.25, -0.2) is 8.78 Å². The Morgan fingerprint density at radius 3 is 2.27 bits per heavy atom. The number of ether oxygens (including phenoxy) is 1. The van der Waals surface area contributed by atoms with Crippen LogP contribution in [0.1, 0.15) is 17.5 Å². The topological polar surface area (TPSA) is 35.2 Å². The average Bonchev–Trinajstić information content (AvgIpc) is 2.69. The van der Waals surface area contributed by atoms with Gasteiger partial charge in [0.1, 0.15) is 5.54 Å². The number of halogens is 2. The number of methoxy groups -OCH3 is 1. The van der Waals surface area contributed by atoms with Gasteiger partial charge in [-0.15, -0.1) is 0 Å². The predicted octanol–water partition coefficient (Wildman–Crippen LogP) is 2.03. The van der Waals surface area contributed by atoms with E-state index in [1.807, 2.05) is 0 Å². The maximum atomic E-state index is 13.0. The molecule has 0 amide bonds. The van der Waals surface area contributed by atoms with Crippen LogP contribution in [0.5, 0.6) is 0 Å². The first-order valence-corrected chi connectivity index (χ1v) is 4.75. The van der Waals surface area contributed by atoms with Crippen molar-refractivity contribution in [2.75, 3.05) is 7.11 Å². The van der Waals surface area contributed by atoms with Gasteiger partial charge in [-0.1, -0.05) is 24.3 Å². The van der Waals surface area contributed by atoms with Gasteiger partial charge in [0.25, 0.3) is 5.92 Å². The standard InChI is InChI=1S/C11H13F2NO/c1-15-6-8-2-4-9(5-3-8)10(14)7-11(10,12)13/h2-5H,6-7,14H2,1H3. The van der Waals surface area contributed by atoms with Crippen LogP contribution in [-0.4, -0.2) is 13.0 Å². The fourth-order valence-corrected chi connectivity index (χ4v) is 1.68. The van der Waals surface area contributed by atoms with Gasteiger partial charge >= 0.3 is 0 Å². The van der Waals surface area contributed by atoms with E-state index in [-0.39, 0.29) is 6.42 Å². The van der Waals surface area contributed by atoms with Gasteiger partial charge in [0, 0.05) is 13.5 Å². The first kappa shape index (κ1) is 10.5. The van der Waals surface area contributed by atoms with Crippen LogP contribution in [0.15, 0.2) is 24.3 Å². The third kappa shape index (κ3) is 1.64. The summed E-state index contributed by atoms with van der Waals surface area (Å²) >= 11 is 0. The van der Waals surface area contributed by atoms with E-state index in [9.17, 15) is 8.78 Å². The highest BCUT2D eigenvalue weighted by molar-refractivity contribution is 5.37. The summed E-state index contributed by atoms with van der Waals surface area (Å²) in [5.41, 5.74) is 5.59. The van der Waals surface area contributed by atoms with Crippen LogP contribution < -0.4 is 5.73 Å². The van der Waals surface area contributed by atoms with Crippen molar-refractivity contribution in [3.63, 3.8) is 0 Å². The molecule has 1 saturated carbocycles. The lowest BCUT2D eigenvalue weighted by Crippen LogP contribution is -2.27. The van der Waals surface area contributed by atoms with E-state index >= 15 is 0 Å². The van der Waals surface area contributed by atoms with Crippen LogP contribution >= 0.6 is 0 Å². The van der Waals surface area contributed by atoms with Crippen LogP contribution in [0.4, 0.5) is 8.78 Å². The molecule has 2 N–H and O–H groups in total. The smallest absolute Gasteiger partial charge is 0.272 e. The molecule has 0 saturated heterocycles. The Morgan fingerprint density at radius 1 is 1.33 bits per heavy atom. The highest BCUT2D eigenvalue weighted by Gasteiger charge is 2.69. The Morgan fingerprint density at radius 2 is 1.87 bits per heavy atom. The highest BCUT2D eigenvalue weighted by Crippen LogP contribution is 2.57.